The SMILES string of the molecule is CSc1cccc2ccc3cccnc3c12. The summed E-state index contributed by atoms with van der Waals surface area (Å²) in [5.74, 6) is 0. The van der Waals surface area contributed by atoms with Gasteiger partial charge in [0, 0.05) is 21.9 Å². The van der Waals surface area contributed by atoms with Gasteiger partial charge in [0.1, 0.15) is 0 Å². The average molecular weight is 225 g/mol. The Morgan fingerprint density at radius 1 is 0.938 bits per heavy atom. The first-order valence-electron chi connectivity index (χ1n) is 5.20. The molecular formula is C14H11NS. The lowest BCUT2D eigenvalue weighted by Gasteiger charge is -2.06. The van der Waals surface area contributed by atoms with Crippen molar-refractivity contribution in [1.29, 1.82) is 0 Å². The van der Waals surface area contributed by atoms with Crippen LogP contribution in [0.4, 0.5) is 0 Å². The monoisotopic (exact) mass is 225 g/mol. The molecule has 0 spiro atoms. The molecular weight excluding hydrogens is 214 g/mol. The predicted octanol–water partition coefficient (Wildman–Crippen LogP) is 4.11. The van der Waals surface area contributed by atoms with Gasteiger partial charge in [0.2, 0.25) is 0 Å². The van der Waals surface area contributed by atoms with Gasteiger partial charge in [-0.2, -0.15) is 0 Å². The summed E-state index contributed by atoms with van der Waals surface area (Å²) < 4.78 is 0. The number of fused-ring (bicyclic) bond motifs is 3. The minimum atomic E-state index is 1.10. The molecule has 0 aliphatic heterocycles. The zero-order chi connectivity index (χ0) is 11.0. The molecule has 0 unspecified atom stereocenters. The summed E-state index contributed by atoms with van der Waals surface area (Å²) in [7, 11) is 0. The van der Waals surface area contributed by atoms with Gasteiger partial charge in [-0.1, -0.05) is 30.3 Å². The second-order valence-electron chi connectivity index (χ2n) is 3.70. The number of rotatable bonds is 1. The molecule has 2 aromatic carbocycles. The Morgan fingerprint density at radius 3 is 2.62 bits per heavy atom. The molecule has 0 aliphatic carbocycles. The second kappa shape index (κ2) is 3.80. The van der Waals surface area contributed by atoms with Crippen LogP contribution in [0.15, 0.2) is 53.6 Å². The van der Waals surface area contributed by atoms with E-state index in [1.165, 1.54) is 21.1 Å². The topological polar surface area (TPSA) is 12.9 Å². The number of thioether (sulfide) groups is 1. The molecule has 0 N–H and O–H groups in total. The fourth-order valence-corrected chi connectivity index (χ4v) is 2.68. The van der Waals surface area contributed by atoms with Crippen LogP contribution in [0.2, 0.25) is 0 Å². The van der Waals surface area contributed by atoms with Gasteiger partial charge in [-0.15, -0.1) is 11.8 Å². The van der Waals surface area contributed by atoms with Crippen molar-refractivity contribution >= 4 is 33.4 Å². The molecule has 0 saturated carbocycles. The van der Waals surface area contributed by atoms with Crippen LogP contribution >= 0.6 is 11.8 Å². The average Bonchev–Trinajstić information content (AvgIpc) is 2.37. The van der Waals surface area contributed by atoms with Gasteiger partial charge < -0.3 is 0 Å². The highest BCUT2D eigenvalue weighted by molar-refractivity contribution is 7.98. The van der Waals surface area contributed by atoms with Gasteiger partial charge in [-0.25, -0.2) is 0 Å². The van der Waals surface area contributed by atoms with Crippen molar-refractivity contribution < 1.29 is 0 Å². The van der Waals surface area contributed by atoms with Gasteiger partial charge in [0.25, 0.3) is 0 Å². The maximum atomic E-state index is 4.50. The first-order valence-corrected chi connectivity index (χ1v) is 6.43. The zero-order valence-corrected chi connectivity index (χ0v) is 9.79. The molecule has 0 radical (unpaired) electrons. The molecule has 1 aromatic heterocycles. The normalized spacial score (nSPS) is 11.1. The first kappa shape index (κ1) is 9.67. The van der Waals surface area contributed by atoms with E-state index < -0.39 is 0 Å². The third-order valence-electron chi connectivity index (χ3n) is 2.80. The third kappa shape index (κ3) is 1.38. The lowest BCUT2D eigenvalue weighted by atomic mass is 10.1. The van der Waals surface area contributed by atoms with Gasteiger partial charge in [-0.05, 0) is 23.8 Å². The molecule has 0 amide bonds. The summed E-state index contributed by atoms with van der Waals surface area (Å²) in [4.78, 5) is 5.80. The van der Waals surface area contributed by atoms with Crippen molar-refractivity contribution in [2.45, 2.75) is 4.90 Å². The number of nitrogens with zero attached hydrogens (tertiary/aromatic N) is 1. The van der Waals surface area contributed by atoms with Crippen LogP contribution in [0.3, 0.4) is 0 Å². The fraction of sp³-hybridized carbons (Fsp3) is 0.0714. The molecule has 0 saturated heterocycles. The number of aromatic nitrogens is 1. The highest BCUT2D eigenvalue weighted by atomic mass is 32.2. The molecule has 3 aromatic rings. The maximum absolute atomic E-state index is 4.50. The Morgan fingerprint density at radius 2 is 1.75 bits per heavy atom. The van der Waals surface area contributed by atoms with E-state index in [1.54, 1.807) is 11.8 Å². The molecule has 0 atom stereocenters. The van der Waals surface area contributed by atoms with Crippen LogP contribution < -0.4 is 0 Å². The van der Waals surface area contributed by atoms with E-state index in [9.17, 15) is 0 Å². The van der Waals surface area contributed by atoms with Gasteiger partial charge in [-0.3, -0.25) is 4.98 Å². The number of benzene rings is 2. The lowest BCUT2D eigenvalue weighted by molar-refractivity contribution is 1.41. The van der Waals surface area contributed by atoms with Crippen molar-refractivity contribution in [3.05, 3.63) is 48.7 Å². The molecule has 16 heavy (non-hydrogen) atoms. The highest BCUT2D eigenvalue weighted by Gasteiger charge is 2.05. The summed E-state index contributed by atoms with van der Waals surface area (Å²) >= 11 is 1.77. The standard InChI is InChI=1S/C14H11NS/c1-16-12-6-2-4-10-7-8-11-5-3-9-15-14(11)13(10)12/h2-9H,1H3. The highest BCUT2D eigenvalue weighted by Crippen LogP contribution is 2.31. The summed E-state index contributed by atoms with van der Waals surface area (Å²) in [6.07, 6.45) is 3.97. The Bertz CT molecular complexity index is 661. The van der Waals surface area contributed by atoms with E-state index in [-0.39, 0.29) is 0 Å². The Balaban J connectivity index is 2.57. The molecule has 0 bridgehead atoms. The summed E-state index contributed by atoms with van der Waals surface area (Å²) in [6, 6.07) is 14.8. The minimum Gasteiger partial charge on any atom is -0.256 e. The maximum Gasteiger partial charge on any atom is 0.0791 e. The summed E-state index contributed by atoms with van der Waals surface area (Å²) in [5.41, 5.74) is 1.10. The van der Waals surface area contributed by atoms with Gasteiger partial charge >= 0.3 is 0 Å². The lowest BCUT2D eigenvalue weighted by Crippen LogP contribution is -1.83. The molecule has 3 rings (SSSR count). The van der Waals surface area contributed by atoms with Crippen LogP contribution in [-0.2, 0) is 0 Å². The number of hydrogen-bond donors (Lipinski definition) is 0. The van der Waals surface area contributed by atoms with Gasteiger partial charge in [0.05, 0.1) is 5.52 Å². The third-order valence-corrected chi connectivity index (χ3v) is 3.58. The van der Waals surface area contributed by atoms with Crippen molar-refractivity contribution in [3.8, 4) is 0 Å². The second-order valence-corrected chi connectivity index (χ2v) is 4.55. The zero-order valence-electron chi connectivity index (χ0n) is 8.97. The molecule has 0 fully saturated rings. The van der Waals surface area contributed by atoms with E-state index in [1.807, 2.05) is 12.3 Å². The minimum absolute atomic E-state index is 1.10. The summed E-state index contributed by atoms with van der Waals surface area (Å²) in [6.45, 7) is 0. The molecule has 78 valence electrons. The smallest absolute Gasteiger partial charge is 0.0791 e. The van der Waals surface area contributed by atoms with E-state index >= 15 is 0 Å². The van der Waals surface area contributed by atoms with Crippen molar-refractivity contribution in [2.75, 3.05) is 6.26 Å². The van der Waals surface area contributed by atoms with Crippen molar-refractivity contribution in [1.82, 2.24) is 4.98 Å². The van der Waals surface area contributed by atoms with Crippen molar-refractivity contribution in [3.63, 3.8) is 0 Å². The molecule has 1 nitrogen and oxygen atoms in total. The Labute approximate surface area is 98.5 Å². The Kier molecular flexibility index (Phi) is 2.29. The van der Waals surface area contributed by atoms with Crippen LogP contribution in [0.25, 0.3) is 21.7 Å². The number of pyridine rings is 1. The predicted molar refractivity (Wildman–Crippen MR) is 71.0 cm³/mol. The van der Waals surface area contributed by atoms with Crippen LogP contribution in [-0.4, -0.2) is 11.2 Å². The van der Waals surface area contributed by atoms with E-state index in [4.69, 9.17) is 0 Å². The van der Waals surface area contributed by atoms with Crippen LogP contribution in [0.1, 0.15) is 0 Å². The van der Waals surface area contributed by atoms with Crippen LogP contribution in [0.5, 0.6) is 0 Å². The van der Waals surface area contributed by atoms with Crippen molar-refractivity contribution in [2.24, 2.45) is 0 Å². The molecule has 2 heteroatoms. The van der Waals surface area contributed by atoms with E-state index in [0.29, 0.717) is 0 Å². The van der Waals surface area contributed by atoms with E-state index in [2.05, 4.69) is 47.6 Å². The quantitative estimate of drug-likeness (QED) is 0.456. The van der Waals surface area contributed by atoms with Crippen LogP contribution in [0, 0.1) is 0 Å². The fourth-order valence-electron chi connectivity index (χ4n) is 2.05. The number of hydrogen-bond acceptors (Lipinski definition) is 2. The molecule has 0 aliphatic rings. The molecule has 1 heterocycles. The van der Waals surface area contributed by atoms with Gasteiger partial charge in [0.15, 0.2) is 0 Å². The first-order chi connectivity index (χ1) is 7.90. The largest absolute Gasteiger partial charge is 0.256 e. The summed E-state index contributed by atoms with van der Waals surface area (Å²) in [5, 5.41) is 3.74. The van der Waals surface area contributed by atoms with E-state index in [0.717, 1.165) is 5.52 Å². The Hall–Kier alpha value is -1.54.